The van der Waals surface area contributed by atoms with Crippen molar-refractivity contribution in [1.82, 2.24) is 19.5 Å². The van der Waals surface area contributed by atoms with Gasteiger partial charge in [0, 0.05) is 0 Å². The lowest BCUT2D eigenvalue weighted by Crippen LogP contribution is -2.27. The van der Waals surface area contributed by atoms with Crippen molar-refractivity contribution >= 4 is 11.2 Å². The number of fused-ring (bicyclic) bond motifs is 1. The van der Waals surface area contributed by atoms with Crippen LogP contribution in [0.25, 0.3) is 11.2 Å². The number of imidazole rings is 1. The van der Waals surface area contributed by atoms with Crippen LogP contribution in [0.2, 0.25) is 0 Å². The number of aliphatic hydroxyl groups excluding tert-OH is 1. The normalized spacial score (nSPS) is 28.3. The van der Waals surface area contributed by atoms with Crippen molar-refractivity contribution in [2.45, 2.75) is 50.8 Å². The number of aliphatic hydroxyl groups is 1. The minimum atomic E-state index is -1.51. The molecular formula is C15H19FN4O2. The lowest BCUT2D eigenvalue weighted by atomic mass is 10.1. The van der Waals surface area contributed by atoms with Gasteiger partial charge in [0.25, 0.3) is 0 Å². The number of nitrogens with zero attached hydrogens (tertiary/aromatic N) is 4. The van der Waals surface area contributed by atoms with Gasteiger partial charge in [0.2, 0.25) is 0 Å². The molecular weight excluding hydrogens is 287 g/mol. The summed E-state index contributed by atoms with van der Waals surface area (Å²) >= 11 is 0. The van der Waals surface area contributed by atoms with Crippen molar-refractivity contribution in [3.63, 3.8) is 0 Å². The van der Waals surface area contributed by atoms with Gasteiger partial charge in [-0.25, -0.2) is 19.3 Å². The molecule has 3 rings (SSSR count). The average molecular weight is 306 g/mol. The maximum atomic E-state index is 14.3. The number of rotatable bonds is 5. The molecule has 0 aromatic carbocycles. The number of halogens is 1. The fourth-order valence-electron chi connectivity index (χ4n) is 2.77. The van der Waals surface area contributed by atoms with E-state index in [1.807, 2.05) is 13.0 Å². The molecule has 2 aromatic rings. The van der Waals surface area contributed by atoms with Crippen LogP contribution in [0.4, 0.5) is 4.39 Å². The Morgan fingerprint density at radius 1 is 1.45 bits per heavy atom. The first kappa shape index (κ1) is 15.1. The van der Waals surface area contributed by atoms with Crippen LogP contribution in [0.1, 0.15) is 31.7 Å². The largest absolute Gasteiger partial charge is 0.387 e. The molecule has 1 aliphatic rings. The highest BCUT2D eigenvalue weighted by Gasteiger charge is 2.44. The highest BCUT2D eigenvalue weighted by molar-refractivity contribution is 5.73. The first-order valence-electron chi connectivity index (χ1n) is 7.42. The number of hydrogen-bond donors (Lipinski definition) is 1. The maximum Gasteiger partial charge on any atom is 0.173 e. The molecule has 6 nitrogen and oxygen atoms in total. The Labute approximate surface area is 127 Å². The average Bonchev–Trinajstić information content (AvgIpc) is 3.08. The van der Waals surface area contributed by atoms with E-state index >= 15 is 0 Å². The van der Waals surface area contributed by atoms with E-state index in [1.54, 1.807) is 0 Å². The molecule has 1 unspecified atom stereocenters. The first-order valence-corrected chi connectivity index (χ1v) is 7.42. The van der Waals surface area contributed by atoms with Crippen molar-refractivity contribution in [2.24, 2.45) is 0 Å². The van der Waals surface area contributed by atoms with Crippen LogP contribution in [-0.4, -0.2) is 43.0 Å². The number of alkyl halides is 1. The molecule has 4 atom stereocenters. The van der Waals surface area contributed by atoms with Crippen molar-refractivity contribution in [2.75, 3.05) is 0 Å². The highest BCUT2D eigenvalue weighted by Crippen LogP contribution is 2.34. The summed E-state index contributed by atoms with van der Waals surface area (Å²) < 4.78 is 21.5. The molecule has 2 aromatic heterocycles. The van der Waals surface area contributed by atoms with E-state index in [1.165, 1.54) is 17.2 Å². The van der Waals surface area contributed by atoms with Crippen LogP contribution in [0, 0.1) is 0 Å². The number of aromatic nitrogens is 4. The Hall–Kier alpha value is -1.86. The van der Waals surface area contributed by atoms with Gasteiger partial charge in [-0.1, -0.05) is 13.0 Å². The van der Waals surface area contributed by atoms with Crippen LogP contribution in [0.15, 0.2) is 25.3 Å². The summed E-state index contributed by atoms with van der Waals surface area (Å²) in [5.74, 6) is 0. The van der Waals surface area contributed by atoms with Crippen LogP contribution in [-0.2, 0) is 11.2 Å². The third-order valence-corrected chi connectivity index (χ3v) is 3.99. The van der Waals surface area contributed by atoms with Crippen molar-refractivity contribution in [1.29, 1.82) is 0 Å². The summed E-state index contributed by atoms with van der Waals surface area (Å²) in [4.78, 5) is 12.7. The molecule has 0 radical (unpaired) electrons. The molecule has 0 amide bonds. The van der Waals surface area contributed by atoms with Gasteiger partial charge in [-0.2, -0.15) is 0 Å². The molecule has 3 heterocycles. The van der Waals surface area contributed by atoms with Gasteiger partial charge in [-0.15, -0.1) is 6.58 Å². The predicted octanol–water partition coefficient (Wildman–Crippen LogP) is 1.95. The smallest absolute Gasteiger partial charge is 0.173 e. The Balaban J connectivity index is 1.97. The lowest BCUT2D eigenvalue weighted by molar-refractivity contribution is -0.0238. The van der Waals surface area contributed by atoms with E-state index in [9.17, 15) is 9.50 Å². The highest BCUT2D eigenvalue weighted by atomic mass is 19.1. The van der Waals surface area contributed by atoms with Gasteiger partial charge in [-0.3, -0.25) is 4.57 Å². The molecule has 0 aliphatic carbocycles. The van der Waals surface area contributed by atoms with Crippen LogP contribution in [0.5, 0.6) is 0 Å². The number of hydrogen-bond acceptors (Lipinski definition) is 5. The monoisotopic (exact) mass is 306 g/mol. The quantitative estimate of drug-likeness (QED) is 0.855. The van der Waals surface area contributed by atoms with Crippen LogP contribution in [0.3, 0.4) is 0 Å². The zero-order chi connectivity index (χ0) is 15.7. The van der Waals surface area contributed by atoms with E-state index in [2.05, 4.69) is 21.5 Å². The van der Waals surface area contributed by atoms with Crippen molar-refractivity contribution < 1.29 is 14.2 Å². The summed E-state index contributed by atoms with van der Waals surface area (Å²) in [6, 6.07) is 0. The standard InChI is InChI=1S/C15H19FN4O2/c1-3-5-6-9-12-14(18-7-17-9)20(8-19-12)15-11(16)13(21)10(4-2)22-15/h3,7-8,10-11,13,15,21H,1,4-6H2,2H3/t10-,11-,13-,15?/m1/s1. The fraction of sp³-hybridized carbons (Fsp3) is 0.533. The summed E-state index contributed by atoms with van der Waals surface area (Å²) in [6.45, 7) is 5.55. The van der Waals surface area contributed by atoms with Gasteiger partial charge in [0.15, 0.2) is 18.0 Å². The molecule has 118 valence electrons. The number of aryl methyl sites for hydroxylation is 1. The van der Waals surface area contributed by atoms with Gasteiger partial charge in [0.1, 0.15) is 17.9 Å². The molecule has 1 fully saturated rings. The lowest BCUT2D eigenvalue weighted by Gasteiger charge is -2.15. The van der Waals surface area contributed by atoms with Gasteiger partial charge < -0.3 is 9.84 Å². The fourth-order valence-corrected chi connectivity index (χ4v) is 2.77. The second-order valence-corrected chi connectivity index (χ2v) is 5.38. The van der Waals surface area contributed by atoms with Crippen LogP contribution >= 0.6 is 0 Å². The Kier molecular flexibility index (Phi) is 4.17. The SMILES string of the molecule is C=CCCc1ncnc2c1ncn2C1O[C@H](CC)[C@@H](O)[C@H]1F. The Morgan fingerprint density at radius 2 is 2.27 bits per heavy atom. The third kappa shape index (κ3) is 2.40. The summed E-state index contributed by atoms with van der Waals surface area (Å²) in [5.41, 5.74) is 1.95. The van der Waals surface area contributed by atoms with Gasteiger partial charge in [0.05, 0.1) is 18.1 Å². The predicted molar refractivity (Wildman–Crippen MR) is 78.9 cm³/mol. The van der Waals surface area contributed by atoms with E-state index in [0.29, 0.717) is 24.0 Å². The molecule has 0 saturated carbocycles. The summed E-state index contributed by atoms with van der Waals surface area (Å²) in [6.07, 6.45) is 2.71. The second kappa shape index (κ2) is 6.10. The number of allylic oxidation sites excluding steroid dienone is 1. The van der Waals surface area contributed by atoms with Crippen LogP contribution < -0.4 is 0 Å². The zero-order valence-electron chi connectivity index (χ0n) is 12.4. The van der Waals surface area contributed by atoms with E-state index in [-0.39, 0.29) is 0 Å². The maximum absolute atomic E-state index is 14.3. The molecule has 0 bridgehead atoms. The summed E-state index contributed by atoms with van der Waals surface area (Å²) in [5, 5.41) is 9.89. The van der Waals surface area contributed by atoms with Gasteiger partial charge in [-0.05, 0) is 19.3 Å². The Morgan fingerprint density at radius 3 is 2.95 bits per heavy atom. The zero-order valence-corrected chi connectivity index (χ0v) is 12.4. The van der Waals surface area contributed by atoms with E-state index < -0.39 is 24.6 Å². The van der Waals surface area contributed by atoms with E-state index in [4.69, 9.17) is 4.74 Å². The minimum absolute atomic E-state index is 0.514. The molecule has 22 heavy (non-hydrogen) atoms. The second-order valence-electron chi connectivity index (χ2n) is 5.38. The number of ether oxygens (including phenoxy) is 1. The van der Waals surface area contributed by atoms with Crippen molar-refractivity contribution in [3.05, 3.63) is 31.0 Å². The van der Waals surface area contributed by atoms with Crippen molar-refractivity contribution in [3.8, 4) is 0 Å². The third-order valence-electron chi connectivity index (χ3n) is 3.99. The molecule has 7 heteroatoms. The minimum Gasteiger partial charge on any atom is -0.387 e. The van der Waals surface area contributed by atoms with E-state index in [0.717, 1.165) is 12.1 Å². The summed E-state index contributed by atoms with van der Waals surface area (Å²) in [7, 11) is 0. The first-order chi connectivity index (χ1) is 10.7. The van der Waals surface area contributed by atoms with Gasteiger partial charge >= 0.3 is 0 Å². The molecule has 1 aliphatic heterocycles. The topological polar surface area (TPSA) is 73.1 Å². The molecule has 1 N–H and O–H groups in total. The molecule has 0 spiro atoms. The Bertz CT molecular complexity index is 675. The molecule has 1 saturated heterocycles.